The standard InChI is InChI=1S/C26H30N6O2/c33-24-18-21(19-32(24)23-9-3-7-20-6-1-2-8-22(20)23)25(34)27-12-5-13-30-14-16-31(17-15-30)26-28-10-4-11-29-26/h1-4,6-11,21H,5,12-19H2,(H,27,34). The van der Waals surface area contributed by atoms with Crippen LogP contribution in [0, 0.1) is 5.92 Å². The van der Waals surface area contributed by atoms with E-state index >= 15 is 0 Å². The van der Waals surface area contributed by atoms with Gasteiger partial charge in [-0.15, -0.1) is 0 Å². The lowest BCUT2D eigenvalue weighted by molar-refractivity contribution is -0.126. The van der Waals surface area contributed by atoms with Gasteiger partial charge in [-0.2, -0.15) is 0 Å². The summed E-state index contributed by atoms with van der Waals surface area (Å²) in [5, 5.41) is 5.19. The van der Waals surface area contributed by atoms with Gasteiger partial charge in [-0.1, -0.05) is 36.4 Å². The van der Waals surface area contributed by atoms with Gasteiger partial charge in [0.1, 0.15) is 0 Å². The summed E-state index contributed by atoms with van der Waals surface area (Å²) in [4.78, 5) is 40.5. The predicted molar refractivity (Wildman–Crippen MR) is 133 cm³/mol. The monoisotopic (exact) mass is 458 g/mol. The molecule has 2 amide bonds. The lowest BCUT2D eigenvalue weighted by Crippen LogP contribution is -2.47. The maximum absolute atomic E-state index is 12.8. The van der Waals surface area contributed by atoms with Crippen LogP contribution in [0.4, 0.5) is 11.6 Å². The van der Waals surface area contributed by atoms with Crippen LogP contribution < -0.4 is 15.1 Å². The fourth-order valence-corrected chi connectivity index (χ4v) is 4.84. The van der Waals surface area contributed by atoms with E-state index in [9.17, 15) is 9.59 Å². The highest BCUT2D eigenvalue weighted by Gasteiger charge is 2.35. The topological polar surface area (TPSA) is 81.7 Å². The van der Waals surface area contributed by atoms with Crippen LogP contribution in [-0.2, 0) is 9.59 Å². The van der Waals surface area contributed by atoms with Crippen molar-refractivity contribution in [1.29, 1.82) is 0 Å². The van der Waals surface area contributed by atoms with Crippen molar-refractivity contribution < 1.29 is 9.59 Å². The molecule has 2 saturated heterocycles. The van der Waals surface area contributed by atoms with Gasteiger partial charge in [0.25, 0.3) is 0 Å². The first-order chi connectivity index (χ1) is 16.7. The Morgan fingerprint density at radius 3 is 2.56 bits per heavy atom. The third kappa shape index (κ3) is 4.87. The van der Waals surface area contributed by atoms with Crippen molar-refractivity contribution in [2.45, 2.75) is 12.8 Å². The highest BCUT2D eigenvalue weighted by atomic mass is 16.2. The highest BCUT2D eigenvalue weighted by molar-refractivity contribution is 6.06. The first-order valence-electron chi connectivity index (χ1n) is 12.0. The third-order valence-electron chi connectivity index (χ3n) is 6.71. The fraction of sp³-hybridized carbons (Fsp3) is 0.385. The zero-order chi connectivity index (χ0) is 23.3. The largest absolute Gasteiger partial charge is 0.356 e. The van der Waals surface area contributed by atoms with Crippen LogP contribution in [0.5, 0.6) is 0 Å². The number of piperazine rings is 1. The van der Waals surface area contributed by atoms with Crippen LogP contribution in [0.2, 0.25) is 0 Å². The van der Waals surface area contributed by atoms with Crippen molar-refractivity contribution in [3.05, 3.63) is 60.9 Å². The third-order valence-corrected chi connectivity index (χ3v) is 6.71. The van der Waals surface area contributed by atoms with E-state index in [1.54, 1.807) is 17.3 Å². The van der Waals surface area contributed by atoms with Gasteiger partial charge in [-0.3, -0.25) is 14.5 Å². The lowest BCUT2D eigenvalue weighted by Gasteiger charge is -2.34. The molecule has 34 heavy (non-hydrogen) atoms. The van der Waals surface area contributed by atoms with Crippen molar-refractivity contribution in [3.63, 3.8) is 0 Å². The van der Waals surface area contributed by atoms with Gasteiger partial charge in [0, 0.05) is 63.5 Å². The zero-order valence-electron chi connectivity index (χ0n) is 19.3. The van der Waals surface area contributed by atoms with Gasteiger partial charge in [0.05, 0.1) is 11.6 Å². The SMILES string of the molecule is O=C(NCCCN1CCN(c2ncccn2)CC1)C1CC(=O)N(c2cccc3ccccc23)C1. The van der Waals surface area contributed by atoms with Gasteiger partial charge in [-0.05, 0) is 30.5 Å². The minimum atomic E-state index is -0.305. The molecule has 1 N–H and O–H groups in total. The average Bonchev–Trinajstić information content (AvgIpc) is 3.28. The molecule has 8 heteroatoms. The molecule has 1 atom stereocenters. The van der Waals surface area contributed by atoms with E-state index in [1.807, 2.05) is 48.5 Å². The normalized spacial score (nSPS) is 19.1. The van der Waals surface area contributed by atoms with E-state index in [-0.39, 0.29) is 24.2 Å². The molecule has 8 nitrogen and oxygen atoms in total. The molecule has 5 rings (SSSR count). The van der Waals surface area contributed by atoms with Crippen molar-refractivity contribution in [2.24, 2.45) is 5.92 Å². The van der Waals surface area contributed by atoms with Gasteiger partial charge < -0.3 is 15.1 Å². The molecule has 3 heterocycles. The van der Waals surface area contributed by atoms with Crippen LogP contribution in [0.15, 0.2) is 60.9 Å². The molecular formula is C26H30N6O2. The van der Waals surface area contributed by atoms with Gasteiger partial charge >= 0.3 is 0 Å². The van der Waals surface area contributed by atoms with Gasteiger partial charge in [0.2, 0.25) is 17.8 Å². The predicted octanol–water partition coefficient (Wildman–Crippen LogP) is 2.31. The molecule has 0 bridgehead atoms. The van der Waals surface area contributed by atoms with E-state index in [0.29, 0.717) is 13.1 Å². The lowest BCUT2D eigenvalue weighted by atomic mass is 10.1. The Balaban J connectivity index is 1.07. The minimum absolute atomic E-state index is 0.0109. The van der Waals surface area contributed by atoms with E-state index < -0.39 is 0 Å². The number of nitrogens with zero attached hydrogens (tertiary/aromatic N) is 5. The molecule has 1 aromatic heterocycles. The van der Waals surface area contributed by atoms with Crippen molar-refractivity contribution in [3.8, 4) is 0 Å². The average molecular weight is 459 g/mol. The quantitative estimate of drug-likeness (QED) is 0.548. The smallest absolute Gasteiger partial charge is 0.227 e. The van der Waals surface area contributed by atoms with Gasteiger partial charge in [-0.25, -0.2) is 9.97 Å². The summed E-state index contributed by atoms with van der Waals surface area (Å²) in [6, 6.07) is 15.8. The zero-order valence-corrected chi connectivity index (χ0v) is 19.3. The molecule has 2 aromatic carbocycles. The minimum Gasteiger partial charge on any atom is -0.356 e. The second-order valence-corrected chi connectivity index (χ2v) is 8.93. The highest BCUT2D eigenvalue weighted by Crippen LogP contribution is 2.31. The van der Waals surface area contributed by atoms with Crippen molar-refractivity contribution >= 4 is 34.2 Å². The molecule has 1 unspecified atom stereocenters. The Morgan fingerprint density at radius 1 is 0.971 bits per heavy atom. The Hall–Kier alpha value is -3.52. The maximum Gasteiger partial charge on any atom is 0.227 e. The second kappa shape index (κ2) is 10.2. The van der Waals surface area contributed by atoms with Gasteiger partial charge in [0.15, 0.2) is 0 Å². The van der Waals surface area contributed by atoms with Crippen molar-refractivity contribution in [2.75, 3.05) is 55.6 Å². The first kappa shape index (κ1) is 22.3. The summed E-state index contributed by atoms with van der Waals surface area (Å²) in [5.41, 5.74) is 0.887. The number of carbonyl (C=O) groups excluding carboxylic acids is 2. The fourth-order valence-electron chi connectivity index (χ4n) is 4.84. The van der Waals surface area contributed by atoms with E-state index in [1.165, 1.54) is 0 Å². The van der Waals surface area contributed by atoms with E-state index in [0.717, 1.165) is 61.6 Å². The number of carbonyl (C=O) groups is 2. The Kier molecular flexibility index (Phi) is 6.67. The molecule has 0 radical (unpaired) electrons. The number of hydrogen-bond donors (Lipinski definition) is 1. The summed E-state index contributed by atoms with van der Waals surface area (Å²) >= 11 is 0. The number of anilines is 2. The Bertz CT molecular complexity index is 1140. The summed E-state index contributed by atoms with van der Waals surface area (Å²) in [5.74, 6) is 0.470. The number of amides is 2. The molecule has 0 spiro atoms. The number of fused-ring (bicyclic) bond motifs is 1. The molecule has 3 aromatic rings. The van der Waals surface area contributed by atoms with Crippen LogP contribution in [0.25, 0.3) is 10.8 Å². The molecule has 0 aliphatic carbocycles. The van der Waals surface area contributed by atoms with Crippen molar-refractivity contribution in [1.82, 2.24) is 20.2 Å². The van der Waals surface area contributed by atoms with Crippen LogP contribution in [0.3, 0.4) is 0 Å². The summed E-state index contributed by atoms with van der Waals surface area (Å²) in [6.45, 7) is 5.74. The number of hydrogen-bond acceptors (Lipinski definition) is 6. The number of nitrogens with one attached hydrogen (secondary N) is 1. The summed E-state index contributed by atoms with van der Waals surface area (Å²) in [6.07, 6.45) is 4.70. The van der Waals surface area contributed by atoms with Crippen LogP contribution in [0.1, 0.15) is 12.8 Å². The first-order valence-corrected chi connectivity index (χ1v) is 12.0. The number of rotatable bonds is 7. The molecule has 2 aliphatic rings. The van der Waals surface area contributed by atoms with Crippen LogP contribution in [-0.4, -0.2) is 72.5 Å². The summed E-state index contributed by atoms with van der Waals surface area (Å²) in [7, 11) is 0. The Morgan fingerprint density at radius 2 is 1.74 bits per heavy atom. The molecule has 2 fully saturated rings. The maximum atomic E-state index is 12.8. The number of benzene rings is 2. The molecule has 2 aliphatic heterocycles. The number of aromatic nitrogens is 2. The second-order valence-electron chi connectivity index (χ2n) is 8.93. The summed E-state index contributed by atoms with van der Waals surface area (Å²) < 4.78 is 0. The molecule has 0 saturated carbocycles. The van der Waals surface area contributed by atoms with E-state index in [4.69, 9.17) is 0 Å². The Labute approximate surface area is 199 Å². The van der Waals surface area contributed by atoms with Crippen LogP contribution >= 0.6 is 0 Å². The molecule has 176 valence electrons. The van der Waals surface area contributed by atoms with E-state index in [2.05, 4.69) is 25.1 Å². The molecular weight excluding hydrogens is 428 g/mol.